The molecule has 6 nitrogen and oxygen atoms in total. The summed E-state index contributed by atoms with van der Waals surface area (Å²) in [6.45, 7) is 0.0601. The molecule has 2 N–H and O–H groups in total. The van der Waals surface area contributed by atoms with E-state index in [1.165, 1.54) is 13.3 Å². The number of methoxy groups -OCH3 is 1. The maximum atomic E-state index is 11.2. The Balaban J connectivity index is 2.13. The lowest BCUT2D eigenvalue weighted by molar-refractivity contribution is 0.0587. The van der Waals surface area contributed by atoms with Crippen LogP contribution in [-0.2, 0) is 4.74 Å². The van der Waals surface area contributed by atoms with Gasteiger partial charge in [-0.05, 0) is 18.9 Å². The first kappa shape index (κ1) is 10.8. The molecule has 1 aliphatic carbocycles. The maximum Gasteiger partial charge on any atom is 0.376 e. The lowest BCUT2D eigenvalue weighted by Gasteiger charge is -2.14. The maximum absolute atomic E-state index is 11.2. The van der Waals surface area contributed by atoms with Crippen molar-refractivity contribution in [1.29, 1.82) is 0 Å². The Hall–Kier alpha value is -1.69. The Bertz CT molecular complexity index is 404. The fourth-order valence-corrected chi connectivity index (χ4v) is 1.36. The smallest absolute Gasteiger partial charge is 0.376 e. The Morgan fingerprint density at radius 3 is 3.00 bits per heavy atom. The number of esters is 1. The van der Waals surface area contributed by atoms with Crippen LogP contribution in [-0.4, -0.2) is 40.3 Å². The zero-order valence-corrected chi connectivity index (χ0v) is 8.93. The number of ether oxygens (including phenoxy) is 1. The first-order chi connectivity index (χ1) is 7.69. The SMILES string of the molecule is COC(=O)c1nccc(NC2(CO)CC2)n1. The van der Waals surface area contributed by atoms with Gasteiger partial charge in [0.15, 0.2) is 0 Å². The molecule has 0 amide bonds. The highest BCUT2D eigenvalue weighted by Crippen LogP contribution is 2.37. The van der Waals surface area contributed by atoms with Gasteiger partial charge in [-0.25, -0.2) is 14.8 Å². The number of carbonyl (C=O) groups is 1. The number of rotatable bonds is 4. The van der Waals surface area contributed by atoms with E-state index in [0.717, 1.165) is 12.8 Å². The summed E-state index contributed by atoms with van der Waals surface area (Å²) in [6.07, 6.45) is 3.29. The second kappa shape index (κ2) is 4.05. The second-order valence-corrected chi connectivity index (χ2v) is 3.82. The fourth-order valence-electron chi connectivity index (χ4n) is 1.36. The van der Waals surface area contributed by atoms with Gasteiger partial charge in [0.2, 0.25) is 5.82 Å². The van der Waals surface area contributed by atoms with Gasteiger partial charge in [-0.1, -0.05) is 0 Å². The van der Waals surface area contributed by atoms with Crippen molar-refractivity contribution in [2.24, 2.45) is 0 Å². The van der Waals surface area contributed by atoms with Gasteiger partial charge in [-0.15, -0.1) is 0 Å². The van der Waals surface area contributed by atoms with Gasteiger partial charge in [0.25, 0.3) is 0 Å². The van der Waals surface area contributed by atoms with Crippen LogP contribution in [0.5, 0.6) is 0 Å². The van der Waals surface area contributed by atoms with E-state index in [4.69, 9.17) is 5.11 Å². The van der Waals surface area contributed by atoms with Crippen molar-refractivity contribution in [1.82, 2.24) is 9.97 Å². The molecule has 6 heteroatoms. The van der Waals surface area contributed by atoms with Crippen LogP contribution in [0.15, 0.2) is 12.3 Å². The molecule has 16 heavy (non-hydrogen) atoms. The Labute approximate surface area is 92.7 Å². The van der Waals surface area contributed by atoms with Gasteiger partial charge in [0.05, 0.1) is 19.3 Å². The van der Waals surface area contributed by atoms with E-state index in [2.05, 4.69) is 20.0 Å². The summed E-state index contributed by atoms with van der Waals surface area (Å²) < 4.78 is 4.52. The van der Waals surface area contributed by atoms with E-state index >= 15 is 0 Å². The van der Waals surface area contributed by atoms with Crippen molar-refractivity contribution >= 4 is 11.8 Å². The van der Waals surface area contributed by atoms with E-state index in [9.17, 15) is 4.79 Å². The molecule has 0 bridgehead atoms. The number of aliphatic hydroxyl groups is 1. The Kier molecular flexibility index (Phi) is 2.74. The van der Waals surface area contributed by atoms with E-state index in [1.807, 2.05) is 0 Å². The minimum atomic E-state index is -0.572. The van der Waals surface area contributed by atoms with Crippen molar-refractivity contribution in [3.8, 4) is 0 Å². The van der Waals surface area contributed by atoms with Crippen LogP contribution in [0, 0.1) is 0 Å². The number of nitrogens with zero attached hydrogens (tertiary/aromatic N) is 2. The molecule has 1 fully saturated rings. The van der Waals surface area contributed by atoms with Gasteiger partial charge in [0, 0.05) is 6.20 Å². The third-order valence-electron chi connectivity index (χ3n) is 2.57. The largest absolute Gasteiger partial charge is 0.463 e. The molecule has 2 rings (SSSR count). The highest BCUT2D eigenvalue weighted by molar-refractivity contribution is 5.85. The molecule has 1 aromatic rings. The van der Waals surface area contributed by atoms with Crippen molar-refractivity contribution in [2.75, 3.05) is 19.0 Å². The lowest BCUT2D eigenvalue weighted by Crippen LogP contribution is -2.26. The number of aliphatic hydroxyl groups excluding tert-OH is 1. The second-order valence-electron chi connectivity index (χ2n) is 3.82. The topological polar surface area (TPSA) is 84.3 Å². The average molecular weight is 223 g/mol. The van der Waals surface area contributed by atoms with E-state index < -0.39 is 5.97 Å². The summed E-state index contributed by atoms with van der Waals surface area (Å²) in [5, 5.41) is 12.2. The van der Waals surface area contributed by atoms with Crippen LogP contribution in [0.3, 0.4) is 0 Å². The molecule has 0 aromatic carbocycles. The summed E-state index contributed by atoms with van der Waals surface area (Å²) in [7, 11) is 1.28. The summed E-state index contributed by atoms with van der Waals surface area (Å²) in [5.41, 5.74) is -0.262. The van der Waals surface area contributed by atoms with E-state index in [-0.39, 0.29) is 18.0 Å². The zero-order chi connectivity index (χ0) is 11.6. The van der Waals surface area contributed by atoms with Crippen molar-refractivity contribution in [3.05, 3.63) is 18.1 Å². The molecule has 1 saturated carbocycles. The van der Waals surface area contributed by atoms with Crippen LogP contribution in [0.2, 0.25) is 0 Å². The van der Waals surface area contributed by atoms with Crippen LogP contribution in [0.4, 0.5) is 5.82 Å². The zero-order valence-electron chi connectivity index (χ0n) is 8.93. The molecule has 1 aromatic heterocycles. The minimum Gasteiger partial charge on any atom is -0.463 e. The highest BCUT2D eigenvalue weighted by atomic mass is 16.5. The molecule has 0 radical (unpaired) electrons. The van der Waals surface area contributed by atoms with Crippen molar-refractivity contribution in [2.45, 2.75) is 18.4 Å². The number of anilines is 1. The quantitative estimate of drug-likeness (QED) is 0.709. The van der Waals surface area contributed by atoms with Crippen LogP contribution < -0.4 is 5.32 Å². The third-order valence-corrected chi connectivity index (χ3v) is 2.57. The predicted octanol–water partition coefficient (Wildman–Crippen LogP) is 0.200. The number of hydrogen-bond donors (Lipinski definition) is 2. The van der Waals surface area contributed by atoms with Crippen LogP contribution >= 0.6 is 0 Å². The third kappa shape index (κ3) is 2.11. The summed E-state index contributed by atoms with van der Waals surface area (Å²) in [5.74, 6) is -0.0271. The van der Waals surface area contributed by atoms with Crippen LogP contribution in [0.1, 0.15) is 23.5 Å². The lowest BCUT2D eigenvalue weighted by atomic mass is 10.3. The molecule has 0 saturated heterocycles. The number of aromatic nitrogens is 2. The molecule has 1 heterocycles. The molecular formula is C10H13N3O3. The van der Waals surface area contributed by atoms with E-state index in [1.54, 1.807) is 6.07 Å². The number of nitrogens with one attached hydrogen (secondary N) is 1. The summed E-state index contributed by atoms with van der Waals surface area (Å²) >= 11 is 0. The standard InChI is InChI=1S/C10H13N3O3/c1-16-9(15)8-11-5-2-7(12-8)13-10(6-14)3-4-10/h2,5,14H,3-4,6H2,1H3,(H,11,12,13). The number of carbonyl (C=O) groups excluding carboxylic acids is 1. The first-order valence-electron chi connectivity index (χ1n) is 4.99. The summed E-state index contributed by atoms with van der Waals surface area (Å²) in [4.78, 5) is 19.0. The molecule has 0 spiro atoms. The van der Waals surface area contributed by atoms with Gasteiger partial charge >= 0.3 is 5.97 Å². The van der Waals surface area contributed by atoms with Gasteiger partial charge in [-0.2, -0.15) is 0 Å². The molecule has 0 unspecified atom stereocenters. The Morgan fingerprint density at radius 2 is 2.44 bits per heavy atom. The van der Waals surface area contributed by atoms with Crippen molar-refractivity contribution < 1.29 is 14.6 Å². The van der Waals surface area contributed by atoms with Crippen molar-refractivity contribution in [3.63, 3.8) is 0 Å². The monoisotopic (exact) mass is 223 g/mol. The minimum absolute atomic E-state index is 0.0150. The average Bonchev–Trinajstić information content (AvgIpc) is 3.09. The molecule has 1 aliphatic rings. The van der Waals surface area contributed by atoms with Crippen LogP contribution in [0.25, 0.3) is 0 Å². The first-order valence-corrected chi connectivity index (χ1v) is 4.99. The summed E-state index contributed by atoms with van der Waals surface area (Å²) in [6, 6.07) is 1.65. The van der Waals surface area contributed by atoms with Gasteiger partial charge in [0.1, 0.15) is 5.82 Å². The number of hydrogen-bond acceptors (Lipinski definition) is 6. The van der Waals surface area contributed by atoms with E-state index in [0.29, 0.717) is 5.82 Å². The van der Waals surface area contributed by atoms with Gasteiger partial charge < -0.3 is 15.2 Å². The predicted molar refractivity (Wildman–Crippen MR) is 56.0 cm³/mol. The molecule has 0 aliphatic heterocycles. The Morgan fingerprint density at radius 1 is 1.69 bits per heavy atom. The fraction of sp³-hybridized carbons (Fsp3) is 0.500. The molecule has 86 valence electrons. The normalized spacial score (nSPS) is 16.6. The highest BCUT2D eigenvalue weighted by Gasteiger charge is 2.42. The molecule has 0 atom stereocenters. The molecular weight excluding hydrogens is 210 g/mol. The van der Waals surface area contributed by atoms with Gasteiger partial charge in [-0.3, -0.25) is 0 Å².